The minimum absolute atomic E-state index is 0.0230. The van der Waals surface area contributed by atoms with Gasteiger partial charge in [0.25, 0.3) is 5.19 Å². The van der Waals surface area contributed by atoms with Crippen LogP contribution in [-0.4, -0.2) is 77.4 Å². The van der Waals surface area contributed by atoms with E-state index in [1.807, 2.05) is 24.5 Å². The monoisotopic (exact) mass is 571 g/mol. The standard InChI is InChI=1S/C28H37N5O4S2/c1-2-5-21-19-29-27(30-20-21)32-12-10-24(11-13-32)37-28-31-25-7-6-23(18-26(25)38-28)22-8-14-33(15-9-22)39(35,36)17-4-3-16-34/h6-8,18-20,24,34H,2-5,9-17H2,1H3. The SMILES string of the molecule is CCCc1cnc(N2CCC(Oc3nc4ccc(C5=CCN(S(=O)(=O)CCCCO)CC5)cc4s3)CC2)nc1. The molecular formula is C28H37N5O4S2. The highest BCUT2D eigenvalue weighted by Gasteiger charge is 2.25. The maximum Gasteiger partial charge on any atom is 0.274 e. The van der Waals surface area contributed by atoms with Crippen molar-refractivity contribution >= 4 is 43.1 Å². The quantitative estimate of drug-likeness (QED) is 0.340. The van der Waals surface area contributed by atoms with E-state index in [1.165, 1.54) is 5.56 Å². The summed E-state index contributed by atoms with van der Waals surface area (Å²) in [6.07, 6.45) is 11.6. The minimum atomic E-state index is -3.29. The topological polar surface area (TPSA) is 109 Å². The van der Waals surface area contributed by atoms with Crippen LogP contribution in [-0.2, 0) is 16.4 Å². The number of aliphatic hydroxyl groups is 1. The molecular weight excluding hydrogens is 534 g/mol. The van der Waals surface area contributed by atoms with Gasteiger partial charge in [0.2, 0.25) is 16.0 Å². The molecule has 39 heavy (non-hydrogen) atoms. The molecule has 11 heteroatoms. The molecule has 2 aliphatic heterocycles. The van der Waals surface area contributed by atoms with E-state index in [4.69, 9.17) is 14.8 Å². The summed E-state index contributed by atoms with van der Waals surface area (Å²) in [4.78, 5) is 16.0. The zero-order chi connectivity index (χ0) is 27.2. The number of aryl methyl sites for hydroxylation is 1. The zero-order valence-corrected chi connectivity index (χ0v) is 24.1. The summed E-state index contributed by atoms with van der Waals surface area (Å²) >= 11 is 1.56. The van der Waals surface area contributed by atoms with Gasteiger partial charge >= 0.3 is 0 Å². The smallest absolute Gasteiger partial charge is 0.274 e. The van der Waals surface area contributed by atoms with Gasteiger partial charge in [0.05, 0.1) is 16.0 Å². The summed E-state index contributed by atoms with van der Waals surface area (Å²) in [5, 5.41) is 9.62. The number of anilines is 1. The molecule has 1 fully saturated rings. The fraction of sp³-hybridized carbons (Fsp3) is 0.536. The molecule has 4 heterocycles. The van der Waals surface area contributed by atoms with Crippen LogP contribution >= 0.6 is 11.3 Å². The van der Waals surface area contributed by atoms with Gasteiger partial charge in [-0.3, -0.25) is 0 Å². The largest absolute Gasteiger partial charge is 0.467 e. The Morgan fingerprint density at radius 3 is 2.62 bits per heavy atom. The van der Waals surface area contributed by atoms with Crippen molar-refractivity contribution in [3.63, 3.8) is 0 Å². The Kier molecular flexibility index (Phi) is 9.11. The number of hydrogen-bond donors (Lipinski definition) is 1. The summed E-state index contributed by atoms with van der Waals surface area (Å²) in [7, 11) is -3.29. The van der Waals surface area contributed by atoms with Crippen molar-refractivity contribution in [1.82, 2.24) is 19.3 Å². The lowest BCUT2D eigenvalue weighted by Gasteiger charge is -2.31. The van der Waals surface area contributed by atoms with Crippen LogP contribution in [0.4, 0.5) is 5.95 Å². The third-order valence-corrected chi connectivity index (χ3v) is 10.2. The van der Waals surface area contributed by atoms with Gasteiger partial charge in [-0.25, -0.2) is 23.4 Å². The third kappa shape index (κ3) is 6.95. The molecule has 0 amide bonds. The van der Waals surface area contributed by atoms with Crippen LogP contribution in [0.15, 0.2) is 36.7 Å². The van der Waals surface area contributed by atoms with Crippen LogP contribution in [0.2, 0.25) is 0 Å². The van der Waals surface area contributed by atoms with E-state index in [1.54, 1.807) is 15.6 Å². The highest BCUT2D eigenvalue weighted by atomic mass is 32.2. The molecule has 0 radical (unpaired) electrons. The molecule has 3 aromatic rings. The van der Waals surface area contributed by atoms with Gasteiger partial charge in [-0.05, 0) is 54.5 Å². The summed E-state index contributed by atoms with van der Waals surface area (Å²) in [5.41, 5.74) is 4.36. The van der Waals surface area contributed by atoms with Crippen molar-refractivity contribution < 1.29 is 18.3 Å². The maximum absolute atomic E-state index is 12.6. The van der Waals surface area contributed by atoms with Gasteiger partial charge < -0.3 is 14.7 Å². The second kappa shape index (κ2) is 12.7. The first-order valence-corrected chi connectivity index (χ1v) is 16.3. The molecule has 2 aliphatic rings. The molecule has 0 bridgehead atoms. The Labute approximate surface area is 234 Å². The van der Waals surface area contributed by atoms with E-state index < -0.39 is 10.0 Å². The summed E-state index contributed by atoms with van der Waals surface area (Å²) in [6.45, 7) is 4.76. The van der Waals surface area contributed by atoms with Gasteiger partial charge in [-0.1, -0.05) is 36.8 Å². The van der Waals surface area contributed by atoms with Gasteiger partial charge in [-0.15, -0.1) is 0 Å². The van der Waals surface area contributed by atoms with E-state index in [-0.39, 0.29) is 18.5 Å². The highest BCUT2D eigenvalue weighted by Crippen LogP contribution is 2.33. The van der Waals surface area contributed by atoms with E-state index in [0.717, 1.165) is 66.1 Å². The predicted molar refractivity (Wildman–Crippen MR) is 156 cm³/mol. The fourth-order valence-corrected chi connectivity index (χ4v) is 7.51. The average molecular weight is 572 g/mol. The maximum atomic E-state index is 12.6. The van der Waals surface area contributed by atoms with Crippen LogP contribution < -0.4 is 9.64 Å². The number of benzene rings is 1. The Hall–Kier alpha value is -2.60. The lowest BCUT2D eigenvalue weighted by atomic mass is 10.0. The molecule has 0 saturated carbocycles. The number of hydrogen-bond acceptors (Lipinski definition) is 9. The zero-order valence-electron chi connectivity index (χ0n) is 22.5. The molecule has 0 aliphatic carbocycles. The Morgan fingerprint density at radius 1 is 1.13 bits per heavy atom. The number of rotatable bonds is 11. The molecule has 2 aromatic heterocycles. The first-order chi connectivity index (χ1) is 18.9. The number of sulfonamides is 1. The molecule has 210 valence electrons. The highest BCUT2D eigenvalue weighted by molar-refractivity contribution is 7.89. The number of unbranched alkanes of at least 4 members (excludes halogenated alkanes) is 1. The number of aliphatic hydroxyl groups excluding tert-OH is 1. The fourth-order valence-electron chi connectivity index (χ4n) is 5.09. The summed E-state index contributed by atoms with van der Waals surface area (Å²) < 4.78 is 34.0. The van der Waals surface area contributed by atoms with Crippen molar-refractivity contribution in [3.8, 4) is 5.19 Å². The molecule has 0 spiro atoms. The summed E-state index contributed by atoms with van der Waals surface area (Å²) in [5.74, 6) is 0.880. The van der Waals surface area contributed by atoms with E-state index >= 15 is 0 Å². The van der Waals surface area contributed by atoms with Crippen LogP contribution in [0.25, 0.3) is 15.8 Å². The second-order valence-corrected chi connectivity index (χ2v) is 13.3. The van der Waals surface area contributed by atoms with Gasteiger partial charge in [-0.2, -0.15) is 4.31 Å². The average Bonchev–Trinajstić information content (AvgIpc) is 3.36. The third-order valence-electron chi connectivity index (χ3n) is 7.34. The van der Waals surface area contributed by atoms with E-state index in [0.29, 0.717) is 37.5 Å². The Morgan fingerprint density at radius 2 is 1.92 bits per heavy atom. The van der Waals surface area contributed by atoms with Crippen molar-refractivity contribution in [2.75, 3.05) is 43.4 Å². The number of ether oxygens (including phenoxy) is 1. The summed E-state index contributed by atoms with van der Waals surface area (Å²) in [6, 6.07) is 6.22. The van der Waals surface area contributed by atoms with E-state index in [2.05, 4.69) is 33.9 Å². The Balaban J connectivity index is 1.16. The number of piperidine rings is 1. The lowest BCUT2D eigenvalue weighted by molar-refractivity contribution is 0.170. The molecule has 0 atom stereocenters. The lowest BCUT2D eigenvalue weighted by Crippen LogP contribution is -2.39. The molecule has 1 saturated heterocycles. The second-order valence-electron chi connectivity index (χ2n) is 10.2. The molecule has 1 aromatic carbocycles. The molecule has 1 N–H and O–H groups in total. The van der Waals surface area contributed by atoms with Crippen LogP contribution in [0.3, 0.4) is 0 Å². The van der Waals surface area contributed by atoms with Gasteiger partial charge in [0.15, 0.2) is 0 Å². The number of aromatic nitrogens is 3. The molecule has 5 rings (SSSR count). The first-order valence-electron chi connectivity index (χ1n) is 13.9. The van der Waals surface area contributed by atoms with Crippen molar-refractivity contribution in [2.45, 2.75) is 58.0 Å². The van der Waals surface area contributed by atoms with Crippen LogP contribution in [0.1, 0.15) is 56.6 Å². The predicted octanol–water partition coefficient (Wildman–Crippen LogP) is 4.28. The minimum Gasteiger partial charge on any atom is -0.467 e. The molecule has 9 nitrogen and oxygen atoms in total. The van der Waals surface area contributed by atoms with Crippen molar-refractivity contribution in [2.24, 2.45) is 0 Å². The van der Waals surface area contributed by atoms with Crippen molar-refractivity contribution in [3.05, 3.63) is 47.8 Å². The number of nitrogens with zero attached hydrogens (tertiary/aromatic N) is 5. The number of thiazole rings is 1. The normalized spacial score (nSPS) is 17.5. The van der Waals surface area contributed by atoms with Gasteiger partial charge in [0, 0.05) is 58.0 Å². The molecule has 0 unspecified atom stereocenters. The first kappa shape index (κ1) is 27.9. The van der Waals surface area contributed by atoms with Crippen molar-refractivity contribution in [1.29, 1.82) is 0 Å². The van der Waals surface area contributed by atoms with E-state index in [9.17, 15) is 8.42 Å². The Bertz CT molecular complexity index is 1380. The van der Waals surface area contributed by atoms with Crippen LogP contribution in [0, 0.1) is 0 Å². The van der Waals surface area contributed by atoms with Crippen LogP contribution in [0.5, 0.6) is 5.19 Å². The number of fused-ring (bicyclic) bond motifs is 1. The van der Waals surface area contributed by atoms with Gasteiger partial charge in [0.1, 0.15) is 6.10 Å².